The van der Waals surface area contributed by atoms with Crippen molar-refractivity contribution in [1.29, 1.82) is 0 Å². The Hall–Kier alpha value is -1.06. The zero-order valence-electron chi connectivity index (χ0n) is 12.0. The fourth-order valence-corrected chi connectivity index (χ4v) is 3.15. The summed E-state index contributed by atoms with van der Waals surface area (Å²) in [5.74, 6) is 0.161. The van der Waals surface area contributed by atoms with Gasteiger partial charge in [0.05, 0.1) is 5.54 Å². The number of carbonyl (C=O) groups is 1. The zero-order chi connectivity index (χ0) is 13.5. The average Bonchev–Trinajstić information content (AvgIpc) is 3.18. The topological polar surface area (TPSA) is 46.3 Å². The number of nitrogens with two attached hydrogens (primary N) is 1. The van der Waals surface area contributed by atoms with Crippen LogP contribution in [0.2, 0.25) is 0 Å². The van der Waals surface area contributed by atoms with E-state index in [0.717, 1.165) is 38.8 Å². The van der Waals surface area contributed by atoms with Crippen LogP contribution in [0.5, 0.6) is 0 Å². The third-order valence-corrected chi connectivity index (χ3v) is 4.67. The summed E-state index contributed by atoms with van der Waals surface area (Å²) in [6, 6.07) is 10.5. The highest BCUT2D eigenvalue weighted by molar-refractivity contribution is 5.89. The van der Waals surface area contributed by atoms with Crippen LogP contribution in [0.15, 0.2) is 30.3 Å². The van der Waals surface area contributed by atoms with Crippen molar-refractivity contribution in [3.05, 3.63) is 35.9 Å². The van der Waals surface area contributed by atoms with Crippen molar-refractivity contribution in [2.24, 2.45) is 5.73 Å². The van der Waals surface area contributed by atoms with Crippen molar-refractivity contribution in [1.82, 2.24) is 4.90 Å². The van der Waals surface area contributed by atoms with Gasteiger partial charge in [0.1, 0.15) is 0 Å². The number of hydrogen-bond acceptors (Lipinski definition) is 2. The SMILES string of the molecule is CC1(c2ccccc2)CCCN(C(=O)C2(N)CC2)C1.Cl. The predicted molar refractivity (Wildman–Crippen MR) is 83.0 cm³/mol. The molecule has 2 aliphatic rings. The number of amides is 1. The van der Waals surface area contributed by atoms with Gasteiger partial charge in [-0.3, -0.25) is 4.79 Å². The van der Waals surface area contributed by atoms with Gasteiger partial charge < -0.3 is 10.6 Å². The van der Waals surface area contributed by atoms with Crippen LogP contribution in [-0.4, -0.2) is 29.4 Å². The molecule has 2 N–H and O–H groups in total. The van der Waals surface area contributed by atoms with E-state index >= 15 is 0 Å². The minimum absolute atomic E-state index is 0. The van der Waals surface area contributed by atoms with Crippen molar-refractivity contribution in [3.63, 3.8) is 0 Å². The van der Waals surface area contributed by atoms with Gasteiger partial charge >= 0.3 is 0 Å². The number of rotatable bonds is 2. The summed E-state index contributed by atoms with van der Waals surface area (Å²) in [6.45, 7) is 3.92. The molecule has 1 aromatic rings. The molecule has 1 aliphatic heterocycles. The molecule has 4 heteroatoms. The molecule has 1 amide bonds. The standard InChI is InChI=1S/C16H22N2O.ClH/c1-15(13-6-3-2-4-7-13)8-5-11-18(12-15)14(19)16(17)9-10-16;/h2-4,6-7H,5,8-12,17H2,1H3;1H. The lowest BCUT2D eigenvalue weighted by Crippen LogP contribution is -2.53. The molecular weight excluding hydrogens is 272 g/mol. The van der Waals surface area contributed by atoms with Gasteiger partial charge in [-0.25, -0.2) is 0 Å². The third kappa shape index (κ3) is 2.70. The number of benzene rings is 1. The molecule has 20 heavy (non-hydrogen) atoms. The Labute approximate surface area is 126 Å². The molecule has 2 fully saturated rings. The first-order chi connectivity index (χ1) is 9.04. The molecule has 0 aromatic heterocycles. The van der Waals surface area contributed by atoms with Crippen LogP contribution in [0.4, 0.5) is 0 Å². The maximum Gasteiger partial charge on any atom is 0.242 e. The van der Waals surface area contributed by atoms with Gasteiger partial charge in [-0.2, -0.15) is 0 Å². The third-order valence-electron chi connectivity index (χ3n) is 4.67. The van der Waals surface area contributed by atoms with Gasteiger partial charge in [0.25, 0.3) is 0 Å². The van der Waals surface area contributed by atoms with E-state index in [0.29, 0.717) is 0 Å². The van der Waals surface area contributed by atoms with Crippen LogP contribution in [0, 0.1) is 0 Å². The Bertz CT molecular complexity index is 487. The van der Waals surface area contributed by atoms with E-state index < -0.39 is 5.54 Å². The van der Waals surface area contributed by atoms with E-state index in [-0.39, 0.29) is 23.7 Å². The van der Waals surface area contributed by atoms with E-state index in [1.807, 2.05) is 11.0 Å². The smallest absolute Gasteiger partial charge is 0.242 e. The molecule has 0 spiro atoms. The molecule has 1 aliphatic carbocycles. The van der Waals surface area contributed by atoms with Gasteiger partial charge in [-0.1, -0.05) is 37.3 Å². The summed E-state index contributed by atoms with van der Waals surface area (Å²) < 4.78 is 0. The van der Waals surface area contributed by atoms with Crippen LogP contribution in [0.1, 0.15) is 38.2 Å². The monoisotopic (exact) mass is 294 g/mol. The second kappa shape index (κ2) is 5.38. The minimum Gasteiger partial charge on any atom is -0.340 e. The second-order valence-electron chi connectivity index (χ2n) is 6.41. The van der Waals surface area contributed by atoms with Crippen molar-refractivity contribution >= 4 is 18.3 Å². The van der Waals surface area contributed by atoms with Crippen LogP contribution in [-0.2, 0) is 10.2 Å². The fourth-order valence-electron chi connectivity index (χ4n) is 3.15. The first kappa shape index (κ1) is 15.3. The zero-order valence-corrected chi connectivity index (χ0v) is 12.8. The largest absolute Gasteiger partial charge is 0.340 e. The van der Waals surface area contributed by atoms with E-state index in [9.17, 15) is 4.79 Å². The highest BCUT2D eigenvalue weighted by Crippen LogP contribution is 2.38. The van der Waals surface area contributed by atoms with Crippen LogP contribution in [0.25, 0.3) is 0 Å². The van der Waals surface area contributed by atoms with Gasteiger partial charge in [-0.15, -0.1) is 12.4 Å². The molecule has 0 radical (unpaired) electrons. The Balaban J connectivity index is 0.00000147. The van der Waals surface area contributed by atoms with Gasteiger partial charge in [0, 0.05) is 18.5 Å². The number of likely N-dealkylation sites (tertiary alicyclic amines) is 1. The molecule has 3 rings (SSSR count). The Morgan fingerprint density at radius 2 is 1.85 bits per heavy atom. The number of halogens is 1. The van der Waals surface area contributed by atoms with E-state index in [1.54, 1.807) is 0 Å². The fraction of sp³-hybridized carbons (Fsp3) is 0.562. The molecule has 0 bridgehead atoms. The van der Waals surface area contributed by atoms with Crippen molar-refractivity contribution < 1.29 is 4.79 Å². The van der Waals surface area contributed by atoms with Gasteiger partial charge in [0.2, 0.25) is 5.91 Å². The first-order valence-electron chi connectivity index (χ1n) is 7.17. The maximum absolute atomic E-state index is 12.4. The molecule has 1 aromatic carbocycles. The average molecular weight is 295 g/mol. The predicted octanol–water partition coefficient (Wildman–Crippen LogP) is 2.48. The molecular formula is C16H23ClN2O. The molecule has 1 unspecified atom stereocenters. The highest BCUT2D eigenvalue weighted by atomic mass is 35.5. The van der Waals surface area contributed by atoms with Crippen molar-refractivity contribution in [2.45, 2.75) is 43.6 Å². The van der Waals surface area contributed by atoms with E-state index in [2.05, 4.69) is 31.2 Å². The summed E-state index contributed by atoms with van der Waals surface area (Å²) in [5, 5.41) is 0. The Morgan fingerprint density at radius 1 is 1.20 bits per heavy atom. The second-order valence-corrected chi connectivity index (χ2v) is 6.41. The lowest BCUT2D eigenvalue weighted by molar-refractivity contribution is -0.135. The molecule has 1 atom stereocenters. The Kier molecular flexibility index (Phi) is 4.12. The summed E-state index contributed by atoms with van der Waals surface area (Å²) in [5.41, 5.74) is 6.92. The summed E-state index contributed by atoms with van der Waals surface area (Å²) in [6.07, 6.45) is 3.90. The van der Waals surface area contributed by atoms with Crippen LogP contribution in [0.3, 0.4) is 0 Å². The quantitative estimate of drug-likeness (QED) is 0.911. The maximum atomic E-state index is 12.4. The number of carbonyl (C=O) groups excluding carboxylic acids is 1. The van der Waals surface area contributed by atoms with Crippen molar-refractivity contribution in [3.8, 4) is 0 Å². The molecule has 1 saturated heterocycles. The molecule has 1 heterocycles. The van der Waals surface area contributed by atoms with Crippen LogP contribution >= 0.6 is 12.4 Å². The normalized spacial score (nSPS) is 27.6. The summed E-state index contributed by atoms with van der Waals surface area (Å²) in [7, 11) is 0. The Morgan fingerprint density at radius 3 is 2.45 bits per heavy atom. The van der Waals surface area contributed by atoms with Crippen LogP contribution < -0.4 is 5.73 Å². The van der Waals surface area contributed by atoms with Gasteiger partial charge in [-0.05, 0) is 31.2 Å². The number of nitrogens with zero attached hydrogens (tertiary/aromatic N) is 1. The van der Waals surface area contributed by atoms with Crippen molar-refractivity contribution in [2.75, 3.05) is 13.1 Å². The lowest BCUT2D eigenvalue weighted by Gasteiger charge is -2.42. The number of piperidine rings is 1. The first-order valence-corrected chi connectivity index (χ1v) is 7.17. The lowest BCUT2D eigenvalue weighted by atomic mass is 9.76. The molecule has 3 nitrogen and oxygen atoms in total. The highest BCUT2D eigenvalue weighted by Gasteiger charge is 2.49. The number of hydrogen-bond donors (Lipinski definition) is 1. The molecule has 1 saturated carbocycles. The summed E-state index contributed by atoms with van der Waals surface area (Å²) in [4.78, 5) is 14.4. The summed E-state index contributed by atoms with van der Waals surface area (Å²) >= 11 is 0. The van der Waals surface area contributed by atoms with E-state index in [4.69, 9.17) is 5.73 Å². The van der Waals surface area contributed by atoms with E-state index in [1.165, 1.54) is 5.56 Å². The molecule has 110 valence electrons. The van der Waals surface area contributed by atoms with Gasteiger partial charge in [0.15, 0.2) is 0 Å². The minimum atomic E-state index is -0.533.